The first kappa shape index (κ1) is 21.2. The lowest BCUT2D eigenvalue weighted by Crippen LogP contribution is -2.32. The molecule has 32 heavy (non-hydrogen) atoms. The Balaban J connectivity index is 1.27. The van der Waals surface area contributed by atoms with E-state index in [2.05, 4.69) is 20.7 Å². The summed E-state index contributed by atoms with van der Waals surface area (Å²) >= 11 is 1.25. The molecule has 0 radical (unpaired) electrons. The minimum absolute atomic E-state index is 0.0620. The maximum Gasteiger partial charge on any atom is 0.266 e. The van der Waals surface area contributed by atoms with Crippen molar-refractivity contribution in [2.75, 3.05) is 11.9 Å². The molecule has 4 rings (SSSR count). The molecule has 0 unspecified atom stereocenters. The summed E-state index contributed by atoms with van der Waals surface area (Å²) in [5, 5.41) is 11.9. The van der Waals surface area contributed by atoms with Gasteiger partial charge in [-0.25, -0.2) is 9.67 Å². The molecule has 0 aliphatic heterocycles. The molecule has 0 saturated heterocycles. The molecule has 3 aromatic heterocycles. The summed E-state index contributed by atoms with van der Waals surface area (Å²) in [6.45, 7) is 0.448. The van der Waals surface area contributed by atoms with Crippen molar-refractivity contribution in [2.24, 2.45) is 0 Å². The second kappa shape index (κ2) is 9.84. The van der Waals surface area contributed by atoms with Crippen LogP contribution in [-0.4, -0.2) is 33.1 Å². The van der Waals surface area contributed by atoms with Crippen LogP contribution in [0.1, 0.15) is 16.1 Å². The van der Waals surface area contributed by atoms with E-state index < -0.39 is 0 Å². The van der Waals surface area contributed by atoms with Crippen LogP contribution >= 0.6 is 11.3 Å². The van der Waals surface area contributed by atoms with Gasteiger partial charge >= 0.3 is 0 Å². The lowest BCUT2D eigenvalue weighted by molar-refractivity contribution is -0.120. The van der Waals surface area contributed by atoms with Crippen molar-refractivity contribution in [1.29, 1.82) is 0 Å². The van der Waals surface area contributed by atoms with Crippen LogP contribution in [0.25, 0.3) is 11.5 Å². The predicted octanol–water partition coefficient (Wildman–Crippen LogP) is 2.57. The van der Waals surface area contributed by atoms with Crippen LogP contribution in [0.4, 0.5) is 5.13 Å². The number of furan rings is 1. The van der Waals surface area contributed by atoms with E-state index in [0.29, 0.717) is 27.8 Å². The molecule has 1 aromatic carbocycles. The maximum atomic E-state index is 12.2. The van der Waals surface area contributed by atoms with E-state index in [1.165, 1.54) is 28.3 Å². The van der Waals surface area contributed by atoms with Crippen molar-refractivity contribution >= 4 is 28.3 Å². The number of hydrogen-bond acceptors (Lipinski definition) is 7. The SMILES string of the molecule is O=C(Cc1csc(NC(=O)c2ccccc2)n1)NCCn1nc(-c2ccco2)ccc1=O. The third kappa shape index (κ3) is 5.35. The summed E-state index contributed by atoms with van der Waals surface area (Å²) in [4.78, 5) is 40.7. The maximum absolute atomic E-state index is 12.2. The molecule has 0 spiro atoms. The summed E-state index contributed by atoms with van der Waals surface area (Å²) in [6.07, 6.45) is 1.59. The second-order valence-corrected chi connectivity index (χ2v) is 7.61. The summed E-state index contributed by atoms with van der Waals surface area (Å²) < 4.78 is 6.57. The topological polar surface area (TPSA) is 119 Å². The van der Waals surface area contributed by atoms with Crippen molar-refractivity contribution < 1.29 is 14.0 Å². The lowest BCUT2D eigenvalue weighted by atomic mass is 10.2. The molecular formula is C22H19N5O4S. The molecule has 4 aromatic rings. The van der Waals surface area contributed by atoms with Gasteiger partial charge in [-0.05, 0) is 30.3 Å². The Morgan fingerprint density at radius 1 is 1.06 bits per heavy atom. The van der Waals surface area contributed by atoms with E-state index in [-0.39, 0.29) is 36.9 Å². The summed E-state index contributed by atoms with van der Waals surface area (Å²) in [7, 11) is 0. The fourth-order valence-corrected chi connectivity index (χ4v) is 3.60. The molecule has 10 heteroatoms. The van der Waals surface area contributed by atoms with Gasteiger partial charge in [0.25, 0.3) is 11.5 Å². The van der Waals surface area contributed by atoms with Gasteiger partial charge in [0, 0.05) is 23.6 Å². The molecule has 9 nitrogen and oxygen atoms in total. The van der Waals surface area contributed by atoms with Gasteiger partial charge in [0.1, 0.15) is 5.69 Å². The fraction of sp³-hybridized carbons (Fsp3) is 0.136. The van der Waals surface area contributed by atoms with Crippen molar-refractivity contribution in [3.63, 3.8) is 0 Å². The zero-order chi connectivity index (χ0) is 22.3. The van der Waals surface area contributed by atoms with Crippen LogP contribution in [0.2, 0.25) is 0 Å². The molecule has 0 aliphatic rings. The highest BCUT2D eigenvalue weighted by atomic mass is 32.1. The molecule has 2 amide bonds. The molecule has 0 fully saturated rings. The largest absolute Gasteiger partial charge is 0.463 e. The molecule has 2 N–H and O–H groups in total. The number of amides is 2. The van der Waals surface area contributed by atoms with Gasteiger partial charge in [-0.2, -0.15) is 5.10 Å². The number of nitrogens with zero attached hydrogens (tertiary/aromatic N) is 3. The average molecular weight is 449 g/mol. The Morgan fingerprint density at radius 3 is 2.69 bits per heavy atom. The number of aromatic nitrogens is 3. The Labute approximate surface area is 186 Å². The zero-order valence-corrected chi connectivity index (χ0v) is 17.7. The number of anilines is 1. The quantitative estimate of drug-likeness (QED) is 0.427. The number of carbonyl (C=O) groups is 2. The number of hydrogen-bond donors (Lipinski definition) is 2. The molecule has 0 saturated carbocycles. The first-order chi connectivity index (χ1) is 15.6. The Morgan fingerprint density at radius 2 is 1.91 bits per heavy atom. The van der Waals surface area contributed by atoms with E-state index in [1.54, 1.807) is 47.8 Å². The molecule has 3 heterocycles. The van der Waals surface area contributed by atoms with E-state index in [1.807, 2.05) is 6.07 Å². The smallest absolute Gasteiger partial charge is 0.266 e. The Bertz CT molecular complexity index is 1260. The van der Waals surface area contributed by atoms with Gasteiger partial charge in [0.2, 0.25) is 5.91 Å². The second-order valence-electron chi connectivity index (χ2n) is 6.75. The van der Waals surface area contributed by atoms with E-state index in [4.69, 9.17) is 4.42 Å². The monoisotopic (exact) mass is 449 g/mol. The zero-order valence-electron chi connectivity index (χ0n) is 16.9. The van der Waals surface area contributed by atoms with Crippen LogP contribution < -0.4 is 16.2 Å². The first-order valence-electron chi connectivity index (χ1n) is 9.78. The highest BCUT2D eigenvalue weighted by molar-refractivity contribution is 7.14. The first-order valence-corrected chi connectivity index (χ1v) is 10.7. The van der Waals surface area contributed by atoms with Gasteiger partial charge in [-0.1, -0.05) is 18.2 Å². The van der Waals surface area contributed by atoms with Gasteiger partial charge in [-0.3, -0.25) is 19.7 Å². The van der Waals surface area contributed by atoms with Crippen molar-refractivity contribution in [1.82, 2.24) is 20.1 Å². The normalized spacial score (nSPS) is 10.6. The molecule has 0 aliphatic carbocycles. The van der Waals surface area contributed by atoms with Crippen molar-refractivity contribution in [2.45, 2.75) is 13.0 Å². The minimum atomic E-state index is -0.271. The van der Waals surface area contributed by atoms with Crippen LogP contribution in [0.5, 0.6) is 0 Å². The van der Waals surface area contributed by atoms with E-state index in [9.17, 15) is 14.4 Å². The van der Waals surface area contributed by atoms with Crippen LogP contribution in [0, 0.1) is 0 Å². The van der Waals surface area contributed by atoms with Gasteiger partial charge < -0.3 is 9.73 Å². The molecule has 0 atom stereocenters. The Hall–Kier alpha value is -4.05. The number of carbonyl (C=O) groups excluding carboxylic acids is 2. The Kier molecular flexibility index (Phi) is 6.52. The number of rotatable bonds is 8. The molecule has 0 bridgehead atoms. The molecular weight excluding hydrogens is 430 g/mol. The molecule has 162 valence electrons. The van der Waals surface area contributed by atoms with Crippen molar-refractivity contribution in [3.05, 3.63) is 87.9 Å². The standard InChI is InChI=1S/C22H19N5O4S/c28-19(13-16-14-32-22(24-16)25-21(30)15-5-2-1-3-6-15)23-10-11-27-20(29)9-8-17(26-27)18-7-4-12-31-18/h1-9,12,14H,10-11,13H2,(H,23,28)(H,24,25,30). The summed E-state index contributed by atoms with van der Waals surface area (Å²) in [5.41, 5.74) is 1.34. The van der Waals surface area contributed by atoms with Gasteiger partial charge in [-0.15, -0.1) is 11.3 Å². The third-order valence-electron chi connectivity index (χ3n) is 4.44. The van der Waals surface area contributed by atoms with E-state index in [0.717, 1.165) is 0 Å². The van der Waals surface area contributed by atoms with Gasteiger partial charge in [0.15, 0.2) is 10.9 Å². The predicted molar refractivity (Wildman–Crippen MR) is 119 cm³/mol. The van der Waals surface area contributed by atoms with Crippen molar-refractivity contribution in [3.8, 4) is 11.5 Å². The average Bonchev–Trinajstić information content (AvgIpc) is 3.48. The summed E-state index contributed by atoms with van der Waals surface area (Å²) in [6, 6.07) is 15.3. The third-order valence-corrected chi connectivity index (χ3v) is 5.24. The van der Waals surface area contributed by atoms with Crippen LogP contribution in [0.3, 0.4) is 0 Å². The summed E-state index contributed by atoms with van der Waals surface area (Å²) in [5.74, 6) is 0.0543. The van der Waals surface area contributed by atoms with Crippen LogP contribution in [0.15, 0.2) is 75.5 Å². The highest BCUT2D eigenvalue weighted by Crippen LogP contribution is 2.17. The lowest BCUT2D eigenvalue weighted by Gasteiger charge is -2.07. The number of benzene rings is 1. The number of nitrogens with one attached hydrogen (secondary N) is 2. The number of thiazole rings is 1. The highest BCUT2D eigenvalue weighted by Gasteiger charge is 2.11. The minimum Gasteiger partial charge on any atom is -0.463 e. The van der Waals surface area contributed by atoms with Gasteiger partial charge in [0.05, 0.1) is 24.9 Å². The van der Waals surface area contributed by atoms with Crippen LogP contribution in [-0.2, 0) is 17.8 Å². The fourth-order valence-electron chi connectivity index (χ4n) is 2.90. The van der Waals surface area contributed by atoms with E-state index >= 15 is 0 Å².